The molecule has 0 aromatic heterocycles. The Labute approximate surface area is 133 Å². The number of anilines is 1. The Balaban J connectivity index is 2.29. The topological polar surface area (TPSA) is 67.4 Å². The van der Waals surface area contributed by atoms with Crippen LogP contribution in [-0.2, 0) is 9.59 Å². The largest absolute Gasteiger partial charge is 0.497 e. The fourth-order valence-electron chi connectivity index (χ4n) is 1.69. The molecule has 0 radical (unpaired) electrons. The van der Waals surface area contributed by atoms with E-state index in [2.05, 4.69) is 26.6 Å². The molecule has 6 heteroatoms. The Hall–Kier alpha value is -1.56. The van der Waals surface area contributed by atoms with Gasteiger partial charge in [-0.3, -0.25) is 9.59 Å². The molecule has 0 aliphatic heterocycles. The highest BCUT2D eigenvalue weighted by atomic mass is 79.9. The van der Waals surface area contributed by atoms with Gasteiger partial charge >= 0.3 is 0 Å². The predicted molar refractivity (Wildman–Crippen MR) is 86.9 cm³/mol. The lowest BCUT2D eigenvalue weighted by Gasteiger charge is -2.10. The van der Waals surface area contributed by atoms with Gasteiger partial charge in [-0.2, -0.15) is 0 Å². The molecular weight excluding hydrogens is 336 g/mol. The number of amides is 2. The first kappa shape index (κ1) is 17.5. The summed E-state index contributed by atoms with van der Waals surface area (Å²) in [5.74, 6) is 0.524. The van der Waals surface area contributed by atoms with Crippen LogP contribution in [0.1, 0.15) is 26.2 Å². The summed E-state index contributed by atoms with van der Waals surface area (Å²) in [5, 5.41) is 5.50. The van der Waals surface area contributed by atoms with Crippen molar-refractivity contribution in [2.75, 3.05) is 19.0 Å². The minimum atomic E-state index is -0.188. The Morgan fingerprint density at radius 3 is 2.52 bits per heavy atom. The molecule has 116 valence electrons. The van der Waals surface area contributed by atoms with Gasteiger partial charge in [0.15, 0.2) is 0 Å². The molecule has 1 aromatic carbocycles. The number of carbonyl (C=O) groups excluding carboxylic acids is 2. The number of benzene rings is 1. The van der Waals surface area contributed by atoms with Gasteiger partial charge in [-0.05, 0) is 30.7 Å². The first-order valence-corrected chi connectivity index (χ1v) is 7.84. The van der Waals surface area contributed by atoms with Crippen molar-refractivity contribution in [1.29, 1.82) is 0 Å². The fourth-order valence-corrected chi connectivity index (χ4v) is 2.31. The Bertz CT molecular complexity index is 462. The summed E-state index contributed by atoms with van der Waals surface area (Å²) < 4.78 is 5.04. The van der Waals surface area contributed by atoms with Gasteiger partial charge in [-0.1, -0.05) is 29.3 Å². The third kappa shape index (κ3) is 6.62. The first-order chi connectivity index (χ1) is 10.1. The van der Waals surface area contributed by atoms with Gasteiger partial charge in [0, 0.05) is 18.7 Å². The number of hydrogen-bond donors (Lipinski definition) is 2. The molecule has 0 unspecified atom stereocenters. The molecule has 0 bridgehead atoms. The normalized spacial score (nSPS) is 11.6. The molecule has 0 aliphatic carbocycles. The SMILES string of the molecule is CCC[C@@H](Br)C(=O)NCCC(=O)Nc1ccc(OC)cc1. The van der Waals surface area contributed by atoms with Crippen LogP contribution in [0.2, 0.25) is 0 Å². The highest BCUT2D eigenvalue weighted by molar-refractivity contribution is 9.10. The number of alkyl halides is 1. The van der Waals surface area contributed by atoms with Crippen molar-refractivity contribution in [3.8, 4) is 5.75 Å². The zero-order valence-electron chi connectivity index (χ0n) is 12.3. The molecule has 0 saturated heterocycles. The number of ether oxygens (including phenoxy) is 1. The molecule has 0 aliphatic rings. The average molecular weight is 357 g/mol. The van der Waals surface area contributed by atoms with Crippen LogP contribution in [0.15, 0.2) is 24.3 Å². The molecular formula is C15H21BrN2O3. The zero-order valence-corrected chi connectivity index (χ0v) is 13.9. The second-order valence-corrected chi connectivity index (χ2v) is 5.68. The summed E-state index contributed by atoms with van der Waals surface area (Å²) in [5.41, 5.74) is 0.705. The highest BCUT2D eigenvalue weighted by Gasteiger charge is 2.13. The molecule has 1 aromatic rings. The molecule has 1 rings (SSSR count). The quantitative estimate of drug-likeness (QED) is 0.703. The summed E-state index contributed by atoms with van der Waals surface area (Å²) >= 11 is 3.31. The van der Waals surface area contributed by atoms with Crippen molar-refractivity contribution in [3.63, 3.8) is 0 Å². The second kappa shape index (κ2) is 9.39. The smallest absolute Gasteiger partial charge is 0.233 e. The van der Waals surface area contributed by atoms with E-state index in [0.717, 1.165) is 18.6 Å². The number of carbonyl (C=O) groups is 2. The van der Waals surface area contributed by atoms with Crippen molar-refractivity contribution >= 4 is 33.4 Å². The van der Waals surface area contributed by atoms with Gasteiger partial charge in [-0.25, -0.2) is 0 Å². The van der Waals surface area contributed by atoms with Crippen LogP contribution in [-0.4, -0.2) is 30.3 Å². The monoisotopic (exact) mass is 356 g/mol. The van der Waals surface area contributed by atoms with Crippen LogP contribution in [0, 0.1) is 0 Å². The van der Waals surface area contributed by atoms with Crippen LogP contribution in [0.3, 0.4) is 0 Å². The lowest BCUT2D eigenvalue weighted by molar-refractivity contribution is -0.120. The van der Waals surface area contributed by atoms with E-state index in [1.807, 2.05) is 6.92 Å². The molecule has 0 heterocycles. The summed E-state index contributed by atoms with van der Waals surface area (Å²) in [6.07, 6.45) is 1.95. The zero-order chi connectivity index (χ0) is 15.7. The van der Waals surface area contributed by atoms with E-state index in [1.54, 1.807) is 31.4 Å². The number of rotatable bonds is 8. The van der Waals surface area contributed by atoms with Crippen molar-refractivity contribution in [1.82, 2.24) is 5.32 Å². The number of methoxy groups -OCH3 is 1. The maximum atomic E-state index is 11.7. The Kier molecular flexibility index (Phi) is 7.82. The van der Waals surface area contributed by atoms with E-state index in [9.17, 15) is 9.59 Å². The maximum Gasteiger partial charge on any atom is 0.233 e. The van der Waals surface area contributed by atoms with E-state index >= 15 is 0 Å². The second-order valence-electron chi connectivity index (χ2n) is 4.57. The van der Waals surface area contributed by atoms with Gasteiger partial charge in [0.1, 0.15) is 5.75 Å². The lowest BCUT2D eigenvalue weighted by Crippen LogP contribution is -2.33. The van der Waals surface area contributed by atoms with E-state index in [1.165, 1.54) is 0 Å². The number of halogens is 1. The van der Waals surface area contributed by atoms with Crippen LogP contribution in [0.25, 0.3) is 0 Å². The molecule has 5 nitrogen and oxygen atoms in total. The maximum absolute atomic E-state index is 11.7. The fraction of sp³-hybridized carbons (Fsp3) is 0.467. The van der Waals surface area contributed by atoms with Crippen molar-refractivity contribution in [2.45, 2.75) is 31.0 Å². The summed E-state index contributed by atoms with van der Waals surface area (Å²) in [6.45, 7) is 2.34. The molecule has 2 amide bonds. The summed E-state index contributed by atoms with van der Waals surface area (Å²) in [7, 11) is 1.59. The molecule has 0 spiro atoms. The van der Waals surface area contributed by atoms with Crippen LogP contribution in [0.5, 0.6) is 5.75 Å². The molecule has 0 saturated carbocycles. The van der Waals surface area contributed by atoms with Crippen molar-refractivity contribution in [3.05, 3.63) is 24.3 Å². The van der Waals surface area contributed by atoms with Gasteiger partial charge in [0.05, 0.1) is 11.9 Å². The van der Waals surface area contributed by atoms with Gasteiger partial charge in [0.25, 0.3) is 0 Å². The van der Waals surface area contributed by atoms with E-state index in [4.69, 9.17) is 4.74 Å². The minimum absolute atomic E-state index is 0.0749. The Morgan fingerprint density at radius 2 is 1.95 bits per heavy atom. The molecule has 2 N–H and O–H groups in total. The molecule has 1 atom stereocenters. The number of nitrogens with one attached hydrogen (secondary N) is 2. The van der Waals surface area contributed by atoms with Crippen molar-refractivity contribution in [2.24, 2.45) is 0 Å². The van der Waals surface area contributed by atoms with E-state index < -0.39 is 0 Å². The van der Waals surface area contributed by atoms with Crippen molar-refractivity contribution < 1.29 is 14.3 Å². The first-order valence-electron chi connectivity index (χ1n) is 6.92. The summed E-state index contributed by atoms with van der Waals surface area (Å²) in [6, 6.07) is 7.09. The molecule has 0 fully saturated rings. The minimum Gasteiger partial charge on any atom is -0.497 e. The van der Waals surface area contributed by atoms with Crippen LogP contribution < -0.4 is 15.4 Å². The van der Waals surface area contributed by atoms with Crippen LogP contribution >= 0.6 is 15.9 Å². The third-order valence-electron chi connectivity index (χ3n) is 2.85. The summed E-state index contributed by atoms with van der Waals surface area (Å²) in [4.78, 5) is 23.2. The average Bonchev–Trinajstić information content (AvgIpc) is 2.48. The highest BCUT2D eigenvalue weighted by Crippen LogP contribution is 2.15. The third-order valence-corrected chi connectivity index (χ3v) is 3.73. The lowest BCUT2D eigenvalue weighted by atomic mass is 10.2. The van der Waals surface area contributed by atoms with E-state index in [-0.39, 0.29) is 23.1 Å². The standard InChI is InChI=1S/C15H21BrN2O3/c1-3-4-13(16)15(20)17-10-9-14(19)18-11-5-7-12(21-2)8-6-11/h5-8,13H,3-4,9-10H2,1-2H3,(H,17,20)(H,18,19)/t13-/m1/s1. The molecule has 21 heavy (non-hydrogen) atoms. The Morgan fingerprint density at radius 1 is 1.29 bits per heavy atom. The van der Waals surface area contributed by atoms with Gasteiger partial charge in [0.2, 0.25) is 11.8 Å². The van der Waals surface area contributed by atoms with E-state index in [0.29, 0.717) is 12.2 Å². The van der Waals surface area contributed by atoms with Gasteiger partial charge < -0.3 is 15.4 Å². The number of hydrogen-bond acceptors (Lipinski definition) is 3. The predicted octanol–water partition coefficient (Wildman–Crippen LogP) is 2.70. The van der Waals surface area contributed by atoms with Crippen LogP contribution in [0.4, 0.5) is 5.69 Å². The van der Waals surface area contributed by atoms with Gasteiger partial charge in [-0.15, -0.1) is 0 Å².